The van der Waals surface area contributed by atoms with Crippen LogP contribution in [-0.2, 0) is 45.4 Å². The predicted molar refractivity (Wildman–Crippen MR) is 46.3 cm³/mol. The Morgan fingerprint density at radius 3 is 1.06 bits per heavy atom. The minimum Gasteiger partial charge on any atom is 0 e. The smallest absolute Gasteiger partial charge is 0 e. The van der Waals surface area contributed by atoms with Gasteiger partial charge in [0.15, 0.2) is 0 Å². The van der Waals surface area contributed by atoms with Gasteiger partial charge in [-0.1, -0.05) is 12.2 Å². The molecular weight excluding hydrogens is 268 g/mol. The summed E-state index contributed by atoms with van der Waals surface area (Å²) in [5.74, 6) is 0. The van der Waals surface area contributed by atoms with Crippen molar-refractivity contribution in [2.45, 2.75) is 6.92 Å². The van der Waals surface area contributed by atoms with Gasteiger partial charge >= 0.3 is 56.5 Å². The molecule has 0 saturated carbocycles. The van der Waals surface area contributed by atoms with E-state index in [-0.39, 0.29) is 17.4 Å². The molecule has 0 bridgehead atoms. The average Bonchev–Trinajstić information content (AvgIpc) is 2.41. The van der Waals surface area contributed by atoms with Gasteiger partial charge in [-0.25, -0.2) is 0 Å². The molecule has 0 N–H and O–H groups in total. The fraction of sp³-hybridized carbons (Fsp3) is 0.300. The van der Waals surface area contributed by atoms with Gasteiger partial charge in [0.25, 0.3) is 0 Å². The maximum atomic E-state index is 7.50. The molecule has 7 heteroatoms. The zero-order valence-corrected chi connectivity index (χ0v) is 10.5. The van der Waals surface area contributed by atoms with E-state index in [0.717, 1.165) is 5.57 Å². The van der Waals surface area contributed by atoms with E-state index in [1.54, 1.807) is 7.11 Å². The number of hydrogen-bond donors (Lipinski definition) is 0. The molecule has 0 rings (SSSR count). The first-order chi connectivity index (χ1) is 7.77. The molecular formula is C10H10CrO6. The number of ether oxygens (including phenoxy) is 1. The zero-order chi connectivity index (χ0) is 15.0. The molecule has 0 aliphatic heterocycles. The maximum Gasteiger partial charge on any atom is 0 e. The van der Waals surface area contributed by atoms with Crippen LogP contribution in [0.4, 0.5) is 0 Å². The molecule has 0 atom stereocenters. The minimum absolute atomic E-state index is 0. The van der Waals surface area contributed by atoms with E-state index >= 15 is 0 Å². The van der Waals surface area contributed by atoms with Crippen LogP contribution in [0, 0.1) is 33.3 Å². The van der Waals surface area contributed by atoms with Crippen molar-refractivity contribution in [2.24, 2.45) is 0 Å². The van der Waals surface area contributed by atoms with E-state index in [9.17, 15) is 0 Å². The second kappa shape index (κ2) is 187. The first-order valence-corrected chi connectivity index (χ1v) is 2.92. The summed E-state index contributed by atoms with van der Waals surface area (Å²) in [6.07, 6.45) is 0. The Morgan fingerprint density at radius 2 is 1.06 bits per heavy atom. The molecule has 0 aliphatic carbocycles. The fourth-order valence-corrected chi connectivity index (χ4v) is 0.246. The van der Waals surface area contributed by atoms with Gasteiger partial charge in [-0.2, -0.15) is 0 Å². The van der Waals surface area contributed by atoms with Crippen molar-refractivity contribution in [3.63, 3.8) is 0 Å². The van der Waals surface area contributed by atoms with Crippen LogP contribution in [-0.4, -0.2) is 13.7 Å². The maximum absolute atomic E-state index is 7.50. The summed E-state index contributed by atoms with van der Waals surface area (Å²) in [7, 11) is 1.66. The molecule has 0 aromatic heterocycles. The second-order valence-corrected chi connectivity index (χ2v) is 1.39. The summed E-state index contributed by atoms with van der Waals surface area (Å²) in [6, 6.07) is 0. The topological polar surface area (TPSA) is 109 Å². The third-order valence-corrected chi connectivity index (χ3v) is 0.391. The molecule has 17 heavy (non-hydrogen) atoms. The average molecular weight is 278 g/mol. The van der Waals surface area contributed by atoms with Gasteiger partial charge < -0.3 is 4.74 Å². The van der Waals surface area contributed by atoms with Crippen LogP contribution in [0.2, 0.25) is 0 Å². The molecule has 0 aromatic carbocycles. The van der Waals surface area contributed by atoms with Gasteiger partial charge in [-0.3, -0.25) is 0 Å². The number of rotatable bonds is 2. The van der Waals surface area contributed by atoms with Crippen LogP contribution in [0.3, 0.4) is 0 Å². The summed E-state index contributed by atoms with van der Waals surface area (Å²) < 4.78 is 42.2. The molecule has 0 unspecified atom stereocenters. The van der Waals surface area contributed by atoms with Crippen molar-refractivity contribution in [1.29, 1.82) is 0 Å². The summed E-state index contributed by atoms with van der Waals surface area (Å²) in [4.78, 5) is 0. The Balaban J connectivity index is -0.0000000158. The van der Waals surface area contributed by atoms with Crippen LogP contribution in [0.25, 0.3) is 0 Å². The molecule has 0 spiro atoms. The Hall–Kier alpha value is -1.07. The quantitative estimate of drug-likeness (QED) is 0.419. The van der Waals surface area contributed by atoms with E-state index < -0.39 is 0 Å². The van der Waals surface area contributed by atoms with Crippen molar-refractivity contribution in [2.75, 3.05) is 13.7 Å². The number of hydrogen-bond acceptors (Lipinski definition) is 1. The van der Waals surface area contributed by atoms with Crippen LogP contribution < -0.4 is 0 Å². The Kier molecular flexibility index (Phi) is 491. The summed E-state index contributed by atoms with van der Waals surface area (Å²) >= 11 is 0. The van der Waals surface area contributed by atoms with Crippen LogP contribution in [0.5, 0.6) is 0 Å². The van der Waals surface area contributed by atoms with E-state index in [4.69, 9.17) is 28.0 Å². The van der Waals surface area contributed by atoms with Gasteiger partial charge in [0, 0.05) is 24.5 Å². The van der Waals surface area contributed by atoms with Gasteiger partial charge in [-0.05, 0) is 6.92 Å². The van der Waals surface area contributed by atoms with Crippen molar-refractivity contribution in [3.8, 4) is 0 Å². The predicted octanol–water partition coefficient (Wildman–Crippen LogP) is 1.02. The Labute approximate surface area is 112 Å². The molecule has 0 heterocycles. The Bertz CT molecular complexity index is 166. The third kappa shape index (κ3) is 669. The molecule has 0 saturated heterocycles. The number of methoxy groups -OCH3 is 1. The third-order valence-electron chi connectivity index (χ3n) is 0.391. The van der Waals surface area contributed by atoms with Gasteiger partial charge in [0.2, 0.25) is 0 Å². The van der Waals surface area contributed by atoms with Crippen molar-refractivity contribution in [3.05, 3.63) is 45.4 Å². The van der Waals surface area contributed by atoms with Gasteiger partial charge in [0.1, 0.15) is 0 Å². The minimum atomic E-state index is 0. The largest absolute Gasteiger partial charge is 0 e. The van der Waals surface area contributed by atoms with Gasteiger partial charge in [-0.15, -0.1) is 0 Å². The van der Waals surface area contributed by atoms with Crippen molar-refractivity contribution >= 4 is 0 Å². The first kappa shape index (κ1) is 44.5. The fourth-order valence-electron chi connectivity index (χ4n) is 0.246. The molecule has 0 amide bonds. The standard InChI is InChI=1S/C5H10O.5CO.Cr/c1-5(2)4-6-3;5*1-2;/h1,4H2,2-3H3;;;;;;. The van der Waals surface area contributed by atoms with E-state index in [2.05, 4.69) is 39.8 Å². The SMILES string of the molecule is C=C(C)COC.[C-]#[O+].[C-]#[O+].[C-]#[O+].[C-]#[O+].[C-]#[O+].[Cr]. The van der Waals surface area contributed by atoms with Crippen LogP contribution in [0.15, 0.2) is 12.2 Å². The van der Waals surface area contributed by atoms with E-state index in [0.29, 0.717) is 6.61 Å². The van der Waals surface area contributed by atoms with Gasteiger partial charge in [0.05, 0.1) is 6.61 Å². The summed E-state index contributed by atoms with van der Waals surface area (Å²) in [5.41, 5.74) is 1.07. The second-order valence-electron chi connectivity index (χ2n) is 1.39. The monoisotopic (exact) mass is 278 g/mol. The molecule has 92 valence electrons. The normalized spacial score (nSPS) is 3.53. The Morgan fingerprint density at radius 1 is 0.882 bits per heavy atom. The van der Waals surface area contributed by atoms with E-state index in [1.165, 1.54) is 0 Å². The molecule has 0 aromatic rings. The zero-order valence-electron chi connectivity index (χ0n) is 9.27. The summed E-state index contributed by atoms with van der Waals surface area (Å²) in [5, 5.41) is 0. The molecule has 0 aliphatic rings. The molecule has 0 fully saturated rings. The van der Waals surface area contributed by atoms with E-state index in [1.807, 2.05) is 6.92 Å². The molecule has 0 radical (unpaired) electrons. The van der Waals surface area contributed by atoms with Crippen LogP contribution in [0.1, 0.15) is 6.92 Å². The van der Waals surface area contributed by atoms with Crippen LogP contribution >= 0.6 is 0 Å². The summed E-state index contributed by atoms with van der Waals surface area (Å²) in [6.45, 7) is 28.7. The first-order valence-electron chi connectivity index (χ1n) is 2.92. The van der Waals surface area contributed by atoms with Crippen molar-refractivity contribution < 1.29 is 45.4 Å². The molecule has 6 nitrogen and oxygen atoms in total. The van der Waals surface area contributed by atoms with Crippen molar-refractivity contribution in [1.82, 2.24) is 0 Å².